The maximum Gasteiger partial charge on any atom is 0.354 e. The van der Waals surface area contributed by atoms with Crippen molar-refractivity contribution in [1.82, 2.24) is 9.97 Å². The van der Waals surface area contributed by atoms with Crippen molar-refractivity contribution in [2.45, 2.75) is 18.9 Å². The number of aromatic nitrogens is 2. The van der Waals surface area contributed by atoms with Crippen LogP contribution in [-0.2, 0) is 4.74 Å². The Morgan fingerprint density at radius 2 is 2.47 bits per heavy atom. The molecule has 104 valence electrons. The number of ether oxygens (including phenoxy) is 1. The highest BCUT2D eigenvalue weighted by Crippen LogP contribution is 2.31. The molecule has 1 saturated heterocycles. The van der Waals surface area contributed by atoms with E-state index in [1.165, 1.54) is 6.33 Å². The van der Waals surface area contributed by atoms with Crippen LogP contribution in [0.3, 0.4) is 0 Å². The quantitative estimate of drug-likeness (QED) is 0.444. The summed E-state index contributed by atoms with van der Waals surface area (Å²) >= 11 is 0. The molecule has 0 aliphatic carbocycles. The number of likely N-dealkylation sites (N-methyl/N-ethyl adjacent to an activating group) is 1. The number of nitrogens with two attached hydrogens (primary N) is 1. The van der Waals surface area contributed by atoms with Gasteiger partial charge in [-0.15, -0.1) is 0 Å². The minimum absolute atomic E-state index is 0.00538. The van der Waals surface area contributed by atoms with Crippen molar-refractivity contribution in [1.29, 1.82) is 0 Å². The lowest BCUT2D eigenvalue weighted by molar-refractivity contribution is -0.383. The summed E-state index contributed by atoms with van der Waals surface area (Å²) in [6.07, 6.45) is 3.28. The molecule has 19 heavy (non-hydrogen) atoms. The largest absolute Gasteiger partial charge is 0.376 e. The fraction of sp³-hybridized carbons (Fsp3) is 0.600. The first-order valence-electron chi connectivity index (χ1n) is 5.92. The van der Waals surface area contributed by atoms with E-state index in [0.29, 0.717) is 6.54 Å². The number of nitrogens with one attached hydrogen (secondary N) is 1. The number of anilines is 2. The second-order valence-corrected chi connectivity index (χ2v) is 4.31. The third kappa shape index (κ3) is 2.88. The number of hydrogen-bond acceptors (Lipinski definition) is 8. The van der Waals surface area contributed by atoms with Crippen molar-refractivity contribution >= 4 is 17.3 Å². The molecule has 2 rings (SSSR count). The van der Waals surface area contributed by atoms with E-state index in [1.807, 2.05) is 0 Å². The Bertz CT molecular complexity index is 463. The molecule has 2 heterocycles. The molecule has 0 spiro atoms. The van der Waals surface area contributed by atoms with Crippen LogP contribution in [0.5, 0.6) is 0 Å². The van der Waals surface area contributed by atoms with Gasteiger partial charge < -0.3 is 15.1 Å². The normalized spacial score (nSPS) is 18.3. The van der Waals surface area contributed by atoms with Crippen molar-refractivity contribution in [2.75, 3.05) is 30.5 Å². The average molecular weight is 268 g/mol. The summed E-state index contributed by atoms with van der Waals surface area (Å²) in [6.45, 7) is 1.28. The van der Waals surface area contributed by atoms with Gasteiger partial charge in [-0.05, 0) is 12.8 Å². The Labute approximate surface area is 109 Å². The molecule has 1 aromatic heterocycles. The molecular formula is C10H16N6O3. The molecule has 9 nitrogen and oxygen atoms in total. The zero-order chi connectivity index (χ0) is 13.8. The lowest BCUT2D eigenvalue weighted by Crippen LogP contribution is -2.30. The van der Waals surface area contributed by atoms with Crippen molar-refractivity contribution in [3.63, 3.8) is 0 Å². The van der Waals surface area contributed by atoms with Gasteiger partial charge in [-0.2, -0.15) is 0 Å². The lowest BCUT2D eigenvalue weighted by Gasteiger charge is -2.21. The molecule has 1 aliphatic rings. The molecule has 3 N–H and O–H groups in total. The highest BCUT2D eigenvalue weighted by molar-refractivity contribution is 5.69. The van der Waals surface area contributed by atoms with E-state index in [4.69, 9.17) is 10.6 Å². The third-order valence-electron chi connectivity index (χ3n) is 2.99. The van der Waals surface area contributed by atoms with Crippen LogP contribution >= 0.6 is 0 Å². The fourth-order valence-electron chi connectivity index (χ4n) is 2.10. The topological polar surface area (TPSA) is 119 Å². The van der Waals surface area contributed by atoms with Crippen LogP contribution in [-0.4, -0.2) is 41.2 Å². The maximum absolute atomic E-state index is 11.1. The predicted molar refractivity (Wildman–Crippen MR) is 68.7 cm³/mol. The average Bonchev–Trinajstić information content (AvgIpc) is 2.90. The van der Waals surface area contributed by atoms with E-state index in [1.54, 1.807) is 11.9 Å². The van der Waals surface area contributed by atoms with E-state index in [9.17, 15) is 10.1 Å². The van der Waals surface area contributed by atoms with E-state index in [2.05, 4.69) is 15.4 Å². The number of hydrazine groups is 1. The van der Waals surface area contributed by atoms with Gasteiger partial charge in [0.2, 0.25) is 11.6 Å². The number of rotatable bonds is 5. The first kappa shape index (κ1) is 13.4. The Balaban J connectivity index is 2.24. The van der Waals surface area contributed by atoms with E-state index >= 15 is 0 Å². The number of nitrogens with zero attached hydrogens (tertiary/aromatic N) is 4. The molecule has 1 unspecified atom stereocenters. The minimum atomic E-state index is -0.545. The Kier molecular flexibility index (Phi) is 4.07. The fourth-order valence-corrected chi connectivity index (χ4v) is 2.10. The number of hydrogen-bond donors (Lipinski definition) is 2. The van der Waals surface area contributed by atoms with E-state index in [-0.39, 0.29) is 23.4 Å². The number of nitro groups is 1. The van der Waals surface area contributed by atoms with Gasteiger partial charge >= 0.3 is 5.69 Å². The molecule has 0 aromatic carbocycles. The van der Waals surface area contributed by atoms with Crippen LogP contribution in [0.4, 0.5) is 17.3 Å². The molecule has 0 radical (unpaired) electrons. The number of nitrogen functional groups attached to an aromatic ring is 1. The highest BCUT2D eigenvalue weighted by atomic mass is 16.6. The molecular weight excluding hydrogens is 252 g/mol. The summed E-state index contributed by atoms with van der Waals surface area (Å²) in [5.41, 5.74) is 1.98. The second kappa shape index (κ2) is 5.76. The second-order valence-electron chi connectivity index (χ2n) is 4.31. The van der Waals surface area contributed by atoms with Crippen molar-refractivity contribution < 1.29 is 9.66 Å². The van der Waals surface area contributed by atoms with Crippen LogP contribution in [0.2, 0.25) is 0 Å². The van der Waals surface area contributed by atoms with Gasteiger partial charge in [-0.25, -0.2) is 15.8 Å². The van der Waals surface area contributed by atoms with Crippen molar-refractivity contribution in [3.8, 4) is 0 Å². The van der Waals surface area contributed by atoms with Crippen molar-refractivity contribution in [3.05, 3.63) is 16.4 Å². The Morgan fingerprint density at radius 3 is 3.05 bits per heavy atom. The first-order chi connectivity index (χ1) is 9.13. The van der Waals surface area contributed by atoms with Crippen LogP contribution in [0, 0.1) is 10.1 Å². The summed E-state index contributed by atoms with van der Waals surface area (Å²) in [5.74, 6) is 5.45. The van der Waals surface area contributed by atoms with Gasteiger partial charge in [0.05, 0.1) is 11.0 Å². The zero-order valence-electron chi connectivity index (χ0n) is 10.6. The smallest absolute Gasteiger partial charge is 0.354 e. The predicted octanol–water partition coefficient (Wildman–Crippen LogP) is 0.286. The van der Waals surface area contributed by atoms with Gasteiger partial charge in [0.15, 0.2) is 0 Å². The maximum atomic E-state index is 11.1. The molecule has 9 heteroatoms. The lowest BCUT2D eigenvalue weighted by atomic mass is 10.2. The van der Waals surface area contributed by atoms with Gasteiger partial charge in [-0.1, -0.05) is 0 Å². The summed E-state index contributed by atoms with van der Waals surface area (Å²) in [7, 11) is 1.73. The summed E-state index contributed by atoms with van der Waals surface area (Å²) < 4.78 is 5.51. The van der Waals surface area contributed by atoms with Gasteiger partial charge in [0.1, 0.15) is 6.33 Å². The zero-order valence-corrected chi connectivity index (χ0v) is 10.6. The highest BCUT2D eigenvalue weighted by Gasteiger charge is 2.27. The molecule has 1 atom stereocenters. The third-order valence-corrected chi connectivity index (χ3v) is 2.99. The summed E-state index contributed by atoms with van der Waals surface area (Å²) in [4.78, 5) is 20.0. The standard InChI is InChI=1S/C10H16N6O3/c1-15(5-7-3-2-4-19-7)10-8(16(17)18)9(14-11)12-6-13-10/h6-7H,2-5,11H2,1H3,(H,12,13,14). The summed E-state index contributed by atoms with van der Waals surface area (Å²) in [5, 5.41) is 11.1. The molecule has 0 bridgehead atoms. The monoisotopic (exact) mass is 268 g/mol. The van der Waals surface area contributed by atoms with E-state index < -0.39 is 4.92 Å². The van der Waals surface area contributed by atoms with Gasteiger partial charge in [0, 0.05) is 20.2 Å². The summed E-state index contributed by atoms with van der Waals surface area (Å²) in [6, 6.07) is 0. The van der Waals surface area contributed by atoms with Crippen LogP contribution < -0.4 is 16.2 Å². The molecule has 0 saturated carbocycles. The molecule has 0 amide bonds. The molecule has 1 aliphatic heterocycles. The van der Waals surface area contributed by atoms with Crippen LogP contribution in [0.25, 0.3) is 0 Å². The minimum Gasteiger partial charge on any atom is -0.376 e. The van der Waals surface area contributed by atoms with Crippen LogP contribution in [0.15, 0.2) is 6.33 Å². The Hall–Kier alpha value is -2.00. The first-order valence-corrected chi connectivity index (χ1v) is 5.92. The molecule has 1 fully saturated rings. The van der Waals surface area contributed by atoms with Gasteiger partial charge in [0.25, 0.3) is 0 Å². The Morgan fingerprint density at radius 1 is 1.68 bits per heavy atom. The van der Waals surface area contributed by atoms with Gasteiger partial charge in [-0.3, -0.25) is 10.1 Å². The molecule has 1 aromatic rings. The van der Waals surface area contributed by atoms with E-state index in [0.717, 1.165) is 19.4 Å². The van der Waals surface area contributed by atoms with Crippen molar-refractivity contribution in [2.24, 2.45) is 5.84 Å². The SMILES string of the molecule is CN(CC1CCCO1)c1ncnc(NN)c1[N+](=O)[O-]. The van der Waals surface area contributed by atoms with Crippen LogP contribution in [0.1, 0.15) is 12.8 Å².